The molecule has 0 aliphatic carbocycles. The Morgan fingerprint density at radius 3 is 2.44 bits per heavy atom. The normalized spacial score (nSPS) is 11.8. The van der Waals surface area contributed by atoms with Gasteiger partial charge in [0.2, 0.25) is 5.91 Å². The molecule has 1 amide bonds. The molecule has 1 heterocycles. The van der Waals surface area contributed by atoms with Crippen molar-refractivity contribution in [3.05, 3.63) is 47.4 Å². The number of rotatable bonds is 6. The van der Waals surface area contributed by atoms with E-state index >= 15 is 0 Å². The smallest absolute Gasteiger partial charge is 0.257 e. The monoisotopic (exact) mass is 392 g/mol. The summed E-state index contributed by atoms with van der Waals surface area (Å²) < 4.78 is 38.6. The maximum absolute atomic E-state index is 13.2. The number of hydrogen-bond donors (Lipinski definition) is 1. The van der Waals surface area contributed by atoms with Gasteiger partial charge in [-0.05, 0) is 44.2 Å². The van der Waals surface area contributed by atoms with Crippen LogP contribution in [-0.4, -0.2) is 37.4 Å². The van der Waals surface area contributed by atoms with Gasteiger partial charge in [0.15, 0.2) is 5.82 Å². The van der Waals surface area contributed by atoms with E-state index < -0.39 is 15.9 Å². The van der Waals surface area contributed by atoms with Gasteiger partial charge in [0.05, 0.1) is 17.3 Å². The van der Waals surface area contributed by atoms with E-state index in [1.165, 1.54) is 24.4 Å². The van der Waals surface area contributed by atoms with Gasteiger partial charge in [0.25, 0.3) is 10.0 Å². The highest BCUT2D eigenvalue weighted by atomic mass is 32.2. The number of anilines is 1. The number of nitrogens with one attached hydrogen (secondary N) is 1. The number of benzene rings is 1. The topological polar surface area (TPSA) is 92.3 Å². The van der Waals surface area contributed by atoms with Crippen LogP contribution < -0.4 is 9.62 Å². The molecule has 0 saturated heterocycles. The Kier molecular flexibility index (Phi) is 6.27. The molecule has 0 spiro atoms. The molecular formula is C18H21FN4O3S. The summed E-state index contributed by atoms with van der Waals surface area (Å²) in [5.41, 5.74) is 1.54. The number of sulfonamides is 1. The van der Waals surface area contributed by atoms with Crippen molar-refractivity contribution in [1.29, 1.82) is 0 Å². The zero-order valence-corrected chi connectivity index (χ0v) is 16.3. The average molecular weight is 392 g/mol. The largest absolute Gasteiger partial charge is 0.355 e. The predicted octanol–water partition coefficient (Wildman–Crippen LogP) is 2.56. The van der Waals surface area contributed by atoms with Gasteiger partial charge in [0, 0.05) is 25.6 Å². The van der Waals surface area contributed by atoms with Crippen molar-refractivity contribution in [3.63, 3.8) is 0 Å². The molecule has 0 aliphatic heterocycles. The zero-order valence-electron chi connectivity index (χ0n) is 15.5. The molecule has 0 saturated carbocycles. The van der Waals surface area contributed by atoms with Crippen molar-refractivity contribution >= 4 is 27.8 Å². The van der Waals surface area contributed by atoms with Gasteiger partial charge in [-0.2, -0.15) is 0 Å². The molecule has 9 heteroatoms. The lowest BCUT2D eigenvalue weighted by molar-refractivity contribution is -0.117. The lowest BCUT2D eigenvalue weighted by Gasteiger charge is -2.24. The Balaban J connectivity index is 2.47. The third-order valence-electron chi connectivity index (χ3n) is 3.70. The molecule has 1 N–H and O–H groups in total. The Hall–Kier alpha value is -2.81. The summed E-state index contributed by atoms with van der Waals surface area (Å²) in [4.78, 5) is 21.7. The highest BCUT2D eigenvalue weighted by molar-refractivity contribution is 7.93. The highest BCUT2D eigenvalue weighted by Crippen LogP contribution is 2.28. The second kappa shape index (κ2) is 8.26. The summed E-state index contributed by atoms with van der Waals surface area (Å²) in [7, 11) is -2.06. The Morgan fingerprint density at radius 2 is 1.89 bits per heavy atom. The lowest BCUT2D eigenvalue weighted by atomic mass is 10.1. The van der Waals surface area contributed by atoms with Crippen LogP contribution in [0, 0.1) is 5.82 Å². The van der Waals surface area contributed by atoms with Crippen LogP contribution in [0.3, 0.4) is 0 Å². The molecule has 7 nitrogen and oxygen atoms in total. The molecule has 2 aromatic rings. The molecule has 0 unspecified atom stereocenters. The number of carbonyl (C=O) groups excluding carboxylic acids is 1. The lowest BCUT2D eigenvalue weighted by Crippen LogP contribution is -2.27. The SMILES string of the molecule is CC(=O)NS(=O)(=O)C=Cc1cnc(-c2ccc(F)cc2)c(N(C)C(C)C)n1. The van der Waals surface area contributed by atoms with Crippen molar-refractivity contribution in [3.8, 4) is 11.3 Å². The molecule has 1 aromatic carbocycles. The number of hydrogen-bond acceptors (Lipinski definition) is 6. The fraction of sp³-hybridized carbons (Fsp3) is 0.278. The van der Waals surface area contributed by atoms with E-state index in [1.807, 2.05) is 30.5 Å². The van der Waals surface area contributed by atoms with Crippen LogP contribution in [0.1, 0.15) is 26.5 Å². The van der Waals surface area contributed by atoms with Crippen LogP contribution in [-0.2, 0) is 14.8 Å². The van der Waals surface area contributed by atoms with E-state index in [0.29, 0.717) is 22.8 Å². The van der Waals surface area contributed by atoms with E-state index in [1.54, 1.807) is 12.1 Å². The first-order valence-electron chi connectivity index (χ1n) is 8.16. The van der Waals surface area contributed by atoms with Gasteiger partial charge >= 0.3 is 0 Å². The van der Waals surface area contributed by atoms with Gasteiger partial charge < -0.3 is 4.90 Å². The van der Waals surface area contributed by atoms with Crippen molar-refractivity contribution in [1.82, 2.24) is 14.7 Å². The van der Waals surface area contributed by atoms with Crippen LogP contribution in [0.15, 0.2) is 35.9 Å². The summed E-state index contributed by atoms with van der Waals surface area (Å²) in [6.45, 7) is 5.05. The number of halogens is 1. The van der Waals surface area contributed by atoms with Crippen molar-refractivity contribution in [2.24, 2.45) is 0 Å². The number of amides is 1. The fourth-order valence-electron chi connectivity index (χ4n) is 2.17. The highest BCUT2D eigenvalue weighted by Gasteiger charge is 2.16. The minimum Gasteiger partial charge on any atom is -0.355 e. The number of aromatic nitrogens is 2. The van der Waals surface area contributed by atoms with E-state index in [4.69, 9.17) is 0 Å². The maximum atomic E-state index is 13.2. The van der Waals surface area contributed by atoms with Crippen LogP contribution >= 0.6 is 0 Å². The number of carbonyl (C=O) groups is 1. The van der Waals surface area contributed by atoms with E-state index in [2.05, 4.69) is 9.97 Å². The summed E-state index contributed by atoms with van der Waals surface area (Å²) in [5.74, 6) is -0.512. The molecule has 0 atom stereocenters. The molecule has 0 radical (unpaired) electrons. The Morgan fingerprint density at radius 1 is 1.26 bits per heavy atom. The zero-order chi connectivity index (χ0) is 20.2. The third kappa shape index (κ3) is 5.58. The predicted molar refractivity (Wildman–Crippen MR) is 103 cm³/mol. The average Bonchev–Trinajstić information content (AvgIpc) is 2.59. The van der Waals surface area contributed by atoms with Crippen molar-refractivity contribution in [2.45, 2.75) is 26.8 Å². The van der Waals surface area contributed by atoms with Gasteiger partial charge in [-0.15, -0.1) is 0 Å². The molecule has 144 valence electrons. The first kappa shape index (κ1) is 20.5. The van der Waals surface area contributed by atoms with Crippen LogP contribution in [0.25, 0.3) is 17.3 Å². The maximum Gasteiger partial charge on any atom is 0.257 e. The Bertz CT molecular complexity index is 957. The van der Waals surface area contributed by atoms with E-state index in [-0.39, 0.29) is 11.9 Å². The second-order valence-corrected chi connectivity index (χ2v) is 7.75. The third-order valence-corrected chi connectivity index (χ3v) is 4.77. The van der Waals surface area contributed by atoms with E-state index in [9.17, 15) is 17.6 Å². The van der Waals surface area contributed by atoms with Gasteiger partial charge in [-0.3, -0.25) is 9.78 Å². The van der Waals surface area contributed by atoms with Crippen LogP contribution in [0.4, 0.5) is 10.2 Å². The molecule has 2 rings (SSSR count). The van der Waals surface area contributed by atoms with E-state index in [0.717, 1.165) is 12.3 Å². The van der Waals surface area contributed by atoms with Gasteiger partial charge in [-0.1, -0.05) is 0 Å². The fourth-order valence-corrected chi connectivity index (χ4v) is 2.96. The molecule has 0 aliphatic rings. The quantitative estimate of drug-likeness (QED) is 0.812. The van der Waals surface area contributed by atoms with Crippen molar-refractivity contribution in [2.75, 3.05) is 11.9 Å². The summed E-state index contributed by atoms with van der Waals surface area (Å²) in [5, 5.41) is 0.856. The first-order chi connectivity index (χ1) is 12.6. The van der Waals surface area contributed by atoms with Gasteiger partial charge in [0.1, 0.15) is 11.5 Å². The first-order valence-corrected chi connectivity index (χ1v) is 9.71. The minimum atomic E-state index is -3.90. The molecule has 1 aromatic heterocycles. The number of nitrogens with zero attached hydrogens (tertiary/aromatic N) is 3. The summed E-state index contributed by atoms with van der Waals surface area (Å²) >= 11 is 0. The second-order valence-electron chi connectivity index (χ2n) is 6.18. The van der Waals surface area contributed by atoms with Gasteiger partial charge in [-0.25, -0.2) is 22.5 Å². The molecule has 0 fully saturated rings. The molecule has 27 heavy (non-hydrogen) atoms. The Labute approximate surface area is 158 Å². The molecule has 0 bridgehead atoms. The minimum absolute atomic E-state index is 0.0980. The standard InChI is InChI=1S/C18H21FN4O3S/c1-12(2)23(4)18-17(14-5-7-15(19)8-6-14)20-11-16(21-18)9-10-27(25,26)22-13(3)24/h5-12H,1-4H3,(H,22,24). The summed E-state index contributed by atoms with van der Waals surface area (Å²) in [6.07, 6.45) is 2.67. The van der Waals surface area contributed by atoms with Crippen molar-refractivity contribution < 1.29 is 17.6 Å². The molecular weight excluding hydrogens is 371 g/mol. The van der Waals surface area contributed by atoms with Crippen LogP contribution in [0.5, 0.6) is 0 Å². The summed E-state index contributed by atoms with van der Waals surface area (Å²) in [6, 6.07) is 5.98. The van der Waals surface area contributed by atoms with Crippen LogP contribution in [0.2, 0.25) is 0 Å².